The van der Waals surface area contributed by atoms with Crippen LogP contribution in [-0.2, 0) is 0 Å². The van der Waals surface area contributed by atoms with Gasteiger partial charge in [-0.15, -0.1) is 0 Å². The van der Waals surface area contributed by atoms with Crippen LogP contribution in [0.25, 0.3) is 10.9 Å². The van der Waals surface area contributed by atoms with Gasteiger partial charge in [-0.3, -0.25) is 0 Å². The highest BCUT2D eigenvalue weighted by molar-refractivity contribution is 5.64. The van der Waals surface area contributed by atoms with Crippen LogP contribution in [0, 0.1) is 17.9 Å². The molecule has 0 radical (unpaired) electrons. The van der Waals surface area contributed by atoms with Crippen molar-refractivity contribution >= 4 is 11.8 Å². The van der Waals surface area contributed by atoms with Crippen molar-refractivity contribution in [3.8, 4) is 6.07 Å². The van der Waals surface area contributed by atoms with Crippen molar-refractivity contribution in [3.05, 3.63) is 46.9 Å². The zero-order chi connectivity index (χ0) is 11.3. The normalized spacial score (nSPS) is 9.60. The van der Waals surface area contributed by atoms with Crippen LogP contribution in [-0.4, -0.2) is 19.0 Å². The lowest BCUT2D eigenvalue weighted by atomic mass is 10.1. The van der Waals surface area contributed by atoms with E-state index in [1.807, 2.05) is 31.3 Å². The first kappa shape index (κ1) is 10.8. The second-order valence-electron chi connectivity index (χ2n) is 3.27. The largest absolute Gasteiger partial charge is 0.383 e. The maximum Gasteiger partial charge on any atom is 0.187 e. The monoisotopic (exact) mass is 197 g/mol. The number of hydrogen-bond acceptors (Lipinski definition) is 2. The zero-order valence-corrected chi connectivity index (χ0v) is 8.73. The number of rotatable bonds is 2. The van der Waals surface area contributed by atoms with E-state index < -0.39 is 0 Å². The van der Waals surface area contributed by atoms with Crippen molar-refractivity contribution in [1.82, 2.24) is 4.90 Å². The van der Waals surface area contributed by atoms with Crippen LogP contribution in [0.15, 0.2) is 24.4 Å². The van der Waals surface area contributed by atoms with Crippen molar-refractivity contribution in [3.63, 3.8) is 0 Å². The smallest absolute Gasteiger partial charge is 0.187 e. The summed E-state index contributed by atoms with van der Waals surface area (Å²) in [6.07, 6.45) is 3.68. The summed E-state index contributed by atoms with van der Waals surface area (Å²) in [5, 5.41) is 8.87. The van der Waals surface area contributed by atoms with E-state index in [0.717, 1.165) is 5.56 Å². The molecule has 0 saturated carbocycles. The third kappa shape index (κ3) is 2.86. The van der Waals surface area contributed by atoms with Gasteiger partial charge in [-0.25, -0.2) is 4.85 Å². The first-order chi connectivity index (χ1) is 7.17. The van der Waals surface area contributed by atoms with Gasteiger partial charge in [0.05, 0.1) is 18.2 Å². The van der Waals surface area contributed by atoms with E-state index in [9.17, 15) is 0 Å². The lowest BCUT2D eigenvalue weighted by Crippen LogP contribution is -1.99. The van der Waals surface area contributed by atoms with Crippen LogP contribution in [0.3, 0.4) is 0 Å². The van der Waals surface area contributed by atoms with Crippen molar-refractivity contribution in [2.24, 2.45) is 0 Å². The molecule has 0 aliphatic heterocycles. The molecule has 1 aromatic rings. The minimum atomic E-state index is 0.549. The Hall–Kier alpha value is -2.26. The van der Waals surface area contributed by atoms with E-state index in [0.29, 0.717) is 11.3 Å². The number of benzene rings is 1. The topological polar surface area (TPSA) is 31.4 Å². The van der Waals surface area contributed by atoms with E-state index in [1.165, 1.54) is 0 Å². The molecule has 3 nitrogen and oxygen atoms in total. The van der Waals surface area contributed by atoms with Gasteiger partial charge < -0.3 is 4.90 Å². The summed E-state index contributed by atoms with van der Waals surface area (Å²) >= 11 is 0. The summed E-state index contributed by atoms with van der Waals surface area (Å²) in [7, 11) is 3.81. The molecule has 0 bridgehead atoms. The van der Waals surface area contributed by atoms with E-state index in [-0.39, 0.29) is 0 Å². The Morgan fingerprint density at radius 3 is 2.73 bits per heavy atom. The number of hydrogen-bond donors (Lipinski definition) is 0. The Labute approximate surface area is 89.7 Å². The highest BCUT2D eigenvalue weighted by Crippen LogP contribution is 2.19. The van der Waals surface area contributed by atoms with E-state index in [4.69, 9.17) is 11.8 Å². The molecule has 15 heavy (non-hydrogen) atoms. The van der Waals surface area contributed by atoms with Crippen LogP contribution >= 0.6 is 0 Å². The molecule has 0 aliphatic carbocycles. The van der Waals surface area contributed by atoms with Crippen molar-refractivity contribution in [1.29, 1.82) is 5.26 Å². The molecular formula is C12H11N3. The van der Waals surface area contributed by atoms with Crippen LogP contribution < -0.4 is 0 Å². The molecule has 74 valence electrons. The van der Waals surface area contributed by atoms with Crippen LogP contribution in [0.5, 0.6) is 0 Å². The second-order valence-corrected chi connectivity index (χ2v) is 3.27. The van der Waals surface area contributed by atoms with E-state index in [1.54, 1.807) is 18.2 Å². The molecule has 1 rings (SSSR count). The third-order valence-electron chi connectivity index (χ3n) is 1.84. The molecule has 0 amide bonds. The van der Waals surface area contributed by atoms with Gasteiger partial charge in [0.2, 0.25) is 0 Å². The molecule has 0 saturated heterocycles. The SMILES string of the molecule is [C-]#[N+]c1ccc(C#N)c(/C=C/N(C)C)c1. The third-order valence-corrected chi connectivity index (χ3v) is 1.84. The average molecular weight is 197 g/mol. The Bertz CT molecular complexity index is 459. The maximum absolute atomic E-state index is 8.87. The highest BCUT2D eigenvalue weighted by atomic mass is 15.0. The predicted molar refractivity (Wildman–Crippen MR) is 60.1 cm³/mol. The van der Waals surface area contributed by atoms with Gasteiger partial charge >= 0.3 is 0 Å². The first-order valence-electron chi connectivity index (χ1n) is 4.43. The molecule has 0 fully saturated rings. The summed E-state index contributed by atoms with van der Waals surface area (Å²) in [5.41, 5.74) is 1.91. The summed E-state index contributed by atoms with van der Waals surface area (Å²) in [4.78, 5) is 5.21. The molecule has 0 heterocycles. The van der Waals surface area contributed by atoms with Gasteiger partial charge in [-0.05, 0) is 23.9 Å². The minimum Gasteiger partial charge on any atom is -0.383 e. The molecular weight excluding hydrogens is 186 g/mol. The second kappa shape index (κ2) is 4.83. The molecule has 0 unspecified atom stereocenters. The maximum atomic E-state index is 8.87. The average Bonchev–Trinajstić information content (AvgIpc) is 2.25. The number of nitriles is 1. The highest BCUT2D eigenvalue weighted by Gasteiger charge is 1.99. The van der Waals surface area contributed by atoms with E-state index >= 15 is 0 Å². The van der Waals surface area contributed by atoms with Gasteiger partial charge in [0.25, 0.3) is 0 Å². The van der Waals surface area contributed by atoms with Crippen LogP contribution in [0.4, 0.5) is 5.69 Å². The first-order valence-corrected chi connectivity index (χ1v) is 4.43. The molecule has 0 N–H and O–H groups in total. The molecule has 3 heteroatoms. The van der Waals surface area contributed by atoms with Gasteiger partial charge in [0, 0.05) is 14.1 Å². The molecule has 0 aromatic heterocycles. The molecule has 0 atom stereocenters. The fraction of sp³-hybridized carbons (Fsp3) is 0.167. The van der Waals surface area contributed by atoms with E-state index in [2.05, 4.69) is 10.9 Å². The zero-order valence-electron chi connectivity index (χ0n) is 8.73. The van der Waals surface area contributed by atoms with Gasteiger partial charge in [0.1, 0.15) is 0 Å². The predicted octanol–water partition coefficient (Wildman–Crippen LogP) is 2.64. The Morgan fingerprint density at radius 2 is 2.20 bits per heavy atom. The lowest BCUT2D eigenvalue weighted by molar-refractivity contribution is 0.567. The summed E-state index contributed by atoms with van der Waals surface area (Å²) in [5.74, 6) is 0. The standard InChI is InChI=1S/C12H11N3/c1-14-12-5-4-11(9-13)10(8-12)6-7-15(2)3/h4-8H,2-3H3/b7-6+. The molecule has 1 aromatic carbocycles. The minimum absolute atomic E-state index is 0.549. The van der Waals surface area contributed by atoms with Gasteiger partial charge in [0.15, 0.2) is 5.69 Å². The van der Waals surface area contributed by atoms with Crippen molar-refractivity contribution < 1.29 is 0 Å². The van der Waals surface area contributed by atoms with Crippen molar-refractivity contribution in [2.45, 2.75) is 0 Å². The Morgan fingerprint density at radius 1 is 1.47 bits per heavy atom. The Kier molecular flexibility index (Phi) is 3.49. The van der Waals surface area contributed by atoms with Crippen LogP contribution in [0.1, 0.15) is 11.1 Å². The number of nitrogens with zero attached hydrogens (tertiary/aromatic N) is 3. The fourth-order valence-corrected chi connectivity index (χ4v) is 1.09. The van der Waals surface area contributed by atoms with Crippen molar-refractivity contribution in [2.75, 3.05) is 14.1 Å². The quantitative estimate of drug-likeness (QED) is 0.682. The summed E-state index contributed by atoms with van der Waals surface area (Å²) < 4.78 is 0. The molecule has 0 spiro atoms. The summed E-state index contributed by atoms with van der Waals surface area (Å²) in [6, 6.07) is 7.13. The molecule has 0 aliphatic rings. The van der Waals surface area contributed by atoms with Gasteiger partial charge in [-0.1, -0.05) is 12.1 Å². The lowest BCUT2D eigenvalue weighted by Gasteiger charge is -2.04. The fourth-order valence-electron chi connectivity index (χ4n) is 1.09. The van der Waals surface area contributed by atoms with Crippen LogP contribution in [0.2, 0.25) is 0 Å². The Balaban J connectivity index is 3.15. The summed E-state index contributed by atoms with van der Waals surface area (Å²) in [6.45, 7) is 6.89. The van der Waals surface area contributed by atoms with Gasteiger partial charge in [-0.2, -0.15) is 5.26 Å².